The van der Waals surface area contributed by atoms with E-state index in [2.05, 4.69) is 5.32 Å². The molecule has 1 aliphatic rings. The van der Waals surface area contributed by atoms with Gasteiger partial charge in [0.1, 0.15) is 11.6 Å². The average molecular weight is 283 g/mol. The molecule has 2 rings (SSSR count). The van der Waals surface area contributed by atoms with Crippen LogP contribution in [0.1, 0.15) is 29.6 Å². The Morgan fingerprint density at radius 2 is 2.05 bits per heavy atom. The lowest BCUT2D eigenvalue weighted by Crippen LogP contribution is -2.33. The van der Waals surface area contributed by atoms with Crippen LogP contribution in [0.2, 0.25) is 0 Å². The van der Waals surface area contributed by atoms with Gasteiger partial charge in [0.25, 0.3) is 5.91 Å². The molecule has 1 amide bonds. The molecule has 1 aliphatic carbocycles. The van der Waals surface area contributed by atoms with Gasteiger partial charge in [-0.3, -0.25) is 9.59 Å². The van der Waals surface area contributed by atoms with Crippen LogP contribution < -0.4 is 5.32 Å². The summed E-state index contributed by atoms with van der Waals surface area (Å²) in [4.78, 5) is 22.8. The number of carboxylic acid groups (broad SMARTS) is 1. The molecule has 1 aromatic rings. The molecular weight excluding hydrogens is 268 g/mol. The summed E-state index contributed by atoms with van der Waals surface area (Å²) in [5.74, 6) is -3.73. The van der Waals surface area contributed by atoms with E-state index < -0.39 is 29.4 Å². The smallest absolute Gasteiger partial charge is 0.306 e. The van der Waals surface area contributed by atoms with E-state index in [4.69, 9.17) is 5.11 Å². The van der Waals surface area contributed by atoms with E-state index in [9.17, 15) is 18.4 Å². The van der Waals surface area contributed by atoms with Crippen LogP contribution in [0.25, 0.3) is 0 Å². The molecule has 0 bridgehead atoms. The number of halogens is 2. The highest BCUT2D eigenvalue weighted by Gasteiger charge is 2.33. The fourth-order valence-electron chi connectivity index (χ4n) is 2.60. The zero-order chi connectivity index (χ0) is 14.7. The number of rotatable bonds is 4. The van der Waals surface area contributed by atoms with Gasteiger partial charge in [-0.15, -0.1) is 0 Å². The lowest BCUT2D eigenvalue weighted by Gasteiger charge is -2.16. The van der Waals surface area contributed by atoms with Crippen LogP contribution >= 0.6 is 0 Å². The standard InChI is InChI=1S/C14H15F2NO3/c15-9-4-5-12(16)11(6-9)13(18)17-7-8-2-1-3-10(8)14(19)20/h4-6,8,10H,1-3,7H2,(H,17,18)(H,19,20). The number of nitrogens with one attached hydrogen (secondary N) is 1. The number of carbonyl (C=O) groups is 2. The molecule has 108 valence electrons. The highest BCUT2D eigenvalue weighted by molar-refractivity contribution is 5.94. The second-order valence-electron chi connectivity index (χ2n) is 4.97. The minimum atomic E-state index is -0.876. The Morgan fingerprint density at radius 3 is 2.75 bits per heavy atom. The number of aliphatic carboxylic acids is 1. The van der Waals surface area contributed by atoms with Crippen molar-refractivity contribution in [1.29, 1.82) is 0 Å². The number of amides is 1. The quantitative estimate of drug-likeness (QED) is 0.890. The number of carboxylic acids is 1. The van der Waals surface area contributed by atoms with E-state index in [0.717, 1.165) is 24.6 Å². The van der Waals surface area contributed by atoms with Gasteiger partial charge in [0, 0.05) is 6.54 Å². The molecule has 4 nitrogen and oxygen atoms in total. The molecule has 0 heterocycles. The van der Waals surface area contributed by atoms with Crippen LogP contribution in [-0.2, 0) is 4.79 Å². The van der Waals surface area contributed by atoms with E-state index in [-0.39, 0.29) is 18.0 Å². The van der Waals surface area contributed by atoms with Gasteiger partial charge >= 0.3 is 5.97 Å². The summed E-state index contributed by atoms with van der Waals surface area (Å²) in [6, 6.07) is 2.65. The Kier molecular flexibility index (Phi) is 4.32. The molecule has 0 aliphatic heterocycles. The van der Waals surface area contributed by atoms with Gasteiger partial charge in [0.15, 0.2) is 0 Å². The predicted octanol–water partition coefficient (Wildman–Crippen LogP) is 2.20. The van der Waals surface area contributed by atoms with E-state index in [1.807, 2.05) is 0 Å². The van der Waals surface area contributed by atoms with Crippen molar-refractivity contribution in [3.05, 3.63) is 35.4 Å². The highest BCUT2D eigenvalue weighted by atomic mass is 19.1. The van der Waals surface area contributed by atoms with Crippen molar-refractivity contribution in [2.75, 3.05) is 6.54 Å². The fraction of sp³-hybridized carbons (Fsp3) is 0.429. The zero-order valence-corrected chi connectivity index (χ0v) is 10.7. The van der Waals surface area contributed by atoms with Crippen LogP contribution in [0.4, 0.5) is 8.78 Å². The van der Waals surface area contributed by atoms with Gasteiger partial charge in [0.05, 0.1) is 11.5 Å². The summed E-state index contributed by atoms with van der Waals surface area (Å²) < 4.78 is 26.4. The largest absolute Gasteiger partial charge is 0.481 e. The first kappa shape index (κ1) is 14.4. The van der Waals surface area contributed by atoms with Crippen LogP contribution in [0.3, 0.4) is 0 Å². The van der Waals surface area contributed by atoms with Crippen LogP contribution in [0.15, 0.2) is 18.2 Å². The molecule has 0 spiro atoms. The maximum Gasteiger partial charge on any atom is 0.306 e. The van der Waals surface area contributed by atoms with Crippen molar-refractivity contribution in [2.45, 2.75) is 19.3 Å². The van der Waals surface area contributed by atoms with E-state index in [1.165, 1.54) is 0 Å². The SMILES string of the molecule is O=C(NCC1CCCC1C(=O)O)c1cc(F)ccc1F. The Labute approximate surface area is 114 Å². The van der Waals surface area contributed by atoms with Gasteiger partial charge in [-0.05, 0) is 37.0 Å². The second-order valence-corrected chi connectivity index (χ2v) is 4.97. The minimum absolute atomic E-state index is 0.158. The van der Waals surface area contributed by atoms with Crippen molar-refractivity contribution in [1.82, 2.24) is 5.32 Å². The lowest BCUT2D eigenvalue weighted by molar-refractivity contribution is -0.142. The number of hydrogen-bond acceptors (Lipinski definition) is 2. The second kappa shape index (κ2) is 5.98. The van der Waals surface area contributed by atoms with E-state index in [0.29, 0.717) is 12.8 Å². The molecule has 0 aromatic heterocycles. The van der Waals surface area contributed by atoms with Gasteiger partial charge in [-0.2, -0.15) is 0 Å². The molecule has 20 heavy (non-hydrogen) atoms. The molecule has 2 unspecified atom stereocenters. The molecule has 1 aromatic carbocycles. The Hall–Kier alpha value is -1.98. The number of benzene rings is 1. The van der Waals surface area contributed by atoms with Crippen molar-refractivity contribution >= 4 is 11.9 Å². The third-order valence-electron chi connectivity index (χ3n) is 3.67. The van der Waals surface area contributed by atoms with Gasteiger partial charge in [-0.1, -0.05) is 6.42 Å². The summed E-state index contributed by atoms with van der Waals surface area (Å²) >= 11 is 0. The Bertz CT molecular complexity index is 533. The van der Waals surface area contributed by atoms with Crippen molar-refractivity contribution in [3.63, 3.8) is 0 Å². The number of carbonyl (C=O) groups excluding carboxylic acids is 1. The first-order valence-electron chi connectivity index (χ1n) is 6.45. The van der Waals surface area contributed by atoms with Crippen LogP contribution in [0.5, 0.6) is 0 Å². The average Bonchev–Trinajstić information content (AvgIpc) is 2.87. The molecule has 2 atom stereocenters. The van der Waals surface area contributed by atoms with Crippen molar-refractivity contribution in [3.8, 4) is 0 Å². The monoisotopic (exact) mass is 283 g/mol. The molecule has 2 N–H and O–H groups in total. The first-order chi connectivity index (χ1) is 9.49. The zero-order valence-electron chi connectivity index (χ0n) is 10.7. The Morgan fingerprint density at radius 1 is 1.30 bits per heavy atom. The Balaban J connectivity index is 1.98. The highest BCUT2D eigenvalue weighted by Crippen LogP contribution is 2.31. The maximum absolute atomic E-state index is 13.4. The van der Waals surface area contributed by atoms with E-state index >= 15 is 0 Å². The number of hydrogen-bond donors (Lipinski definition) is 2. The summed E-state index contributed by atoms with van der Waals surface area (Å²) in [7, 11) is 0. The molecular formula is C14H15F2NO3. The minimum Gasteiger partial charge on any atom is -0.481 e. The van der Waals surface area contributed by atoms with Gasteiger partial charge in [0.2, 0.25) is 0 Å². The molecule has 1 saturated carbocycles. The maximum atomic E-state index is 13.4. The molecule has 6 heteroatoms. The topological polar surface area (TPSA) is 66.4 Å². The summed E-state index contributed by atoms with van der Waals surface area (Å²) in [6.07, 6.45) is 2.10. The van der Waals surface area contributed by atoms with Crippen molar-refractivity contribution < 1.29 is 23.5 Å². The van der Waals surface area contributed by atoms with Crippen LogP contribution in [0, 0.1) is 23.5 Å². The summed E-state index contributed by atoms with van der Waals surface area (Å²) in [5, 5.41) is 11.5. The van der Waals surface area contributed by atoms with E-state index in [1.54, 1.807) is 0 Å². The fourth-order valence-corrected chi connectivity index (χ4v) is 2.60. The van der Waals surface area contributed by atoms with Gasteiger partial charge < -0.3 is 10.4 Å². The lowest BCUT2D eigenvalue weighted by atomic mass is 9.96. The van der Waals surface area contributed by atoms with Crippen molar-refractivity contribution in [2.24, 2.45) is 11.8 Å². The molecule has 0 saturated heterocycles. The predicted molar refractivity (Wildman–Crippen MR) is 67.2 cm³/mol. The molecule has 1 fully saturated rings. The third kappa shape index (κ3) is 3.12. The molecule has 0 radical (unpaired) electrons. The van der Waals surface area contributed by atoms with Gasteiger partial charge in [-0.25, -0.2) is 8.78 Å². The first-order valence-corrected chi connectivity index (χ1v) is 6.45. The van der Waals surface area contributed by atoms with Crippen LogP contribution in [-0.4, -0.2) is 23.5 Å². The summed E-state index contributed by atoms with van der Waals surface area (Å²) in [5.41, 5.74) is -0.366. The third-order valence-corrected chi connectivity index (χ3v) is 3.67. The normalized spacial score (nSPS) is 21.7. The summed E-state index contributed by atoms with van der Waals surface area (Å²) in [6.45, 7) is 0.158.